The van der Waals surface area contributed by atoms with Gasteiger partial charge in [0.05, 0.1) is 10.4 Å². The van der Waals surface area contributed by atoms with Gasteiger partial charge in [-0.05, 0) is 12.1 Å². The summed E-state index contributed by atoms with van der Waals surface area (Å²) in [5, 5.41) is 24.1. The predicted octanol–water partition coefficient (Wildman–Crippen LogP) is 0.751. The lowest BCUT2D eigenvalue weighted by Gasteiger charge is -1.97. The van der Waals surface area contributed by atoms with E-state index in [0.29, 0.717) is 11.0 Å². The number of rotatable bonds is 2. The van der Waals surface area contributed by atoms with Crippen molar-refractivity contribution in [3.63, 3.8) is 0 Å². The van der Waals surface area contributed by atoms with Gasteiger partial charge in [0.1, 0.15) is 11.7 Å². The maximum Gasteiger partial charge on any atom is 0.319 e. The van der Waals surface area contributed by atoms with Crippen molar-refractivity contribution < 1.29 is 9.72 Å². The SMILES string of the molecule is O=C(c1[nH]ncc1[N+](=O)[O-])n1nnc2ccccc21. The van der Waals surface area contributed by atoms with Crippen molar-refractivity contribution in [2.45, 2.75) is 0 Å². The molecule has 2 heterocycles. The molecule has 94 valence electrons. The van der Waals surface area contributed by atoms with Crippen LogP contribution in [0.15, 0.2) is 30.5 Å². The average Bonchev–Trinajstić information content (AvgIpc) is 3.05. The third kappa shape index (κ3) is 1.64. The number of nitro groups is 1. The number of fused-ring (bicyclic) bond motifs is 1. The van der Waals surface area contributed by atoms with Gasteiger partial charge in [-0.1, -0.05) is 17.3 Å². The lowest BCUT2D eigenvalue weighted by Crippen LogP contribution is -2.15. The van der Waals surface area contributed by atoms with Crippen molar-refractivity contribution in [1.82, 2.24) is 25.2 Å². The van der Waals surface area contributed by atoms with Gasteiger partial charge in [-0.25, -0.2) is 0 Å². The predicted molar refractivity (Wildman–Crippen MR) is 62.5 cm³/mol. The highest BCUT2D eigenvalue weighted by molar-refractivity contribution is 6.01. The van der Waals surface area contributed by atoms with E-state index in [2.05, 4.69) is 20.5 Å². The summed E-state index contributed by atoms with van der Waals surface area (Å²) >= 11 is 0. The molecular weight excluding hydrogens is 252 g/mol. The number of para-hydroxylation sites is 1. The normalized spacial score (nSPS) is 10.7. The Morgan fingerprint density at radius 2 is 2.16 bits per heavy atom. The average molecular weight is 258 g/mol. The minimum atomic E-state index is -0.685. The van der Waals surface area contributed by atoms with Crippen LogP contribution in [0.1, 0.15) is 10.5 Å². The summed E-state index contributed by atoms with van der Waals surface area (Å²) in [5.74, 6) is -0.682. The molecule has 9 heteroatoms. The molecule has 0 atom stereocenters. The second-order valence-electron chi connectivity index (χ2n) is 3.68. The number of H-pyrrole nitrogens is 1. The van der Waals surface area contributed by atoms with Gasteiger partial charge >= 0.3 is 11.6 Å². The zero-order valence-electron chi connectivity index (χ0n) is 9.35. The van der Waals surface area contributed by atoms with E-state index in [1.165, 1.54) is 0 Å². The van der Waals surface area contributed by atoms with Crippen LogP contribution in [0, 0.1) is 10.1 Å². The summed E-state index contributed by atoms with van der Waals surface area (Å²) in [5.41, 5.74) is 0.361. The molecule has 0 spiro atoms. The zero-order chi connectivity index (χ0) is 13.4. The highest BCUT2D eigenvalue weighted by Crippen LogP contribution is 2.18. The van der Waals surface area contributed by atoms with Gasteiger partial charge in [0.2, 0.25) is 5.69 Å². The van der Waals surface area contributed by atoms with E-state index in [1.807, 2.05) is 0 Å². The molecule has 9 nitrogen and oxygen atoms in total. The summed E-state index contributed by atoms with van der Waals surface area (Å²) in [6.07, 6.45) is 0.979. The zero-order valence-corrected chi connectivity index (χ0v) is 9.35. The fourth-order valence-electron chi connectivity index (χ4n) is 1.70. The molecule has 0 aliphatic carbocycles. The largest absolute Gasteiger partial charge is 0.319 e. The number of aromatic nitrogens is 5. The molecule has 2 aromatic heterocycles. The van der Waals surface area contributed by atoms with E-state index >= 15 is 0 Å². The third-order valence-corrected chi connectivity index (χ3v) is 2.57. The standard InChI is InChI=1S/C10H6N6O3/c17-10(9-8(16(18)19)5-11-13-9)15-7-4-2-1-3-6(7)12-14-15/h1-5H,(H,11,13). The maximum absolute atomic E-state index is 12.2. The Morgan fingerprint density at radius 1 is 1.37 bits per heavy atom. The van der Waals surface area contributed by atoms with Gasteiger partial charge in [-0.2, -0.15) is 9.78 Å². The number of hydrogen-bond acceptors (Lipinski definition) is 6. The quantitative estimate of drug-likeness (QED) is 0.535. The Bertz CT molecular complexity index is 789. The van der Waals surface area contributed by atoms with E-state index in [1.54, 1.807) is 24.3 Å². The lowest BCUT2D eigenvalue weighted by atomic mass is 10.3. The highest BCUT2D eigenvalue weighted by Gasteiger charge is 2.25. The smallest absolute Gasteiger partial charge is 0.267 e. The molecule has 0 aliphatic rings. The Balaban J connectivity index is 2.14. The molecule has 0 saturated carbocycles. The number of nitrogens with one attached hydrogen (secondary N) is 1. The Labute approximate surface area is 105 Å². The fraction of sp³-hybridized carbons (Fsp3) is 0. The molecule has 3 rings (SSSR count). The van der Waals surface area contributed by atoms with Gasteiger partial charge in [-0.15, -0.1) is 5.10 Å². The van der Waals surface area contributed by atoms with Gasteiger partial charge < -0.3 is 0 Å². The number of carbonyl (C=O) groups excluding carboxylic acids is 1. The second-order valence-corrected chi connectivity index (χ2v) is 3.68. The van der Waals surface area contributed by atoms with Crippen LogP contribution in [0.4, 0.5) is 5.69 Å². The van der Waals surface area contributed by atoms with Crippen molar-refractivity contribution in [3.8, 4) is 0 Å². The van der Waals surface area contributed by atoms with Crippen LogP contribution in [0.2, 0.25) is 0 Å². The van der Waals surface area contributed by atoms with Crippen LogP contribution in [-0.2, 0) is 0 Å². The van der Waals surface area contributed by atoms with E-state index in [-0.39, 0.29) is 5.69 Å². The van der Waals surface area contributed by atoms with Crippen LogP contribution in [0.5, 0.6) is 0 Å². The first-order valence-corrected chi connectivity index (χ1v) is 5.21. The fourth-order valence-corrected chi connectivity index (χ4v) is 1.70. The first kappa shape index (κ1) is 11.0. The minimum Gasteiger partial charge on any atom is -0.267 e. The Hall–Kier alpha value is -3.10. The van der Waals surface area contributed by atoms with E-state index in [4.69, 9.17) is 0 Å². The molecule has 0 bridgehead atoms. The summed E-state index contributed by atoms with van der Waals surface area (Å²) in [6, 6.07) is 6.81. The second kappa shape index (κ2) is 3.98. The molecule has 1 N–H and O–H groups in total. The van der Waals surface area contributed by atoms with Crippen LogP contribution in [0.25, 0.3) is 11.0 Å². The van der Waals surface area contributed by atoms with Gasteiger partial charge in [-0.3, -0.25) is 20.0 Å². The Morgan fingerprint density at radius 3 is 2.95 bits per heavy atom. The third-order valence-electron chi connectivity index (χ3n) is 2.57. The van der Waals surface area contributed by atoms with Gasteiger partial charge in [0.25, 0.3) is 0 Å². The minimum absolute atomic E-state index is 0.236. The summed E-state index contributed by atoms with van der Waals surface area (Å²) in [7, 11) is 0. The number of hydrogen-bond donors (Lipinski definition) is 1. The summed E-state index contributed by atoms with van der Waals surface area (Å²) in [6.45, 7) is 0. The van der Waals surface area contributed by atoms with Crippen LogP contribution in [-0.4, -0.2) is 36.0 Å². The molecule has 0 amide bonds. The van der Waals surface area contributed by atoms with Crippen molar-refractivity contribution in [1.29, 1.82) is 0 Å². The Kier molecular flexibility index (Phi) is 2.31. The van der Waals surface area contributed by atoms with Gasteiger partial charge in [0.15, 0.2) is 0 Å². The van der Waals surface area contributed by atoms with Crippen LogP contribution < -0.4 is 0 Å². The molecule has 1 aromatic carbocycles. The topological polar surface area (TPSA) is 120 Å². The monoisotopic (exact) mass is 258 g/mol. The number of carbonyl (C=O) groups is 1. The number of nitrogens with zero attached hydrogens (tertiary/aromatic N) is 5. The molecule has 3 aromatic rings. The molecular formula is C10H6N6O3. The van der Waals surface area contributed by atoms with E-state index in [9.17, 15) is 14.9 Å². The molecule has 0 saturated heterocycles. The van der Waals surface area contributed by atoms with Gasteiger partial charge in [0, 0.05) is 0 Å². The van der Waals surface area contributed by atoms with Crippen molar-refractivity contribution in [2.75, 3.05) is 0 Å². The molecule has 0 aliphatic heterocycles. The van der Waals surface area contributed by atoms with Crippen LogP contribution >= 0.6 is 0 Å². The summed E-state index contributed by atoms with van der Waals surface area (Å²) in [4.78, 5) is 22.3. The maximum atomic E-state index is 12.2. The van der Waals surface area contributed by atoms with Crippen molar-refractivity contribution in [2.24, 2.45) is 0 Å². The lowest BCUT2D eigenvalue weighted by molar-refractivity contribution is -0.385. The van der Waals surface area contributed by atoms with Crippen LogP contribution in [0.3, 0.4) is 0 Å². The van der Waals surface area contributed by atoms with E-state index < -0.39 is 16.5 Å². The first-order chi connectivity index (χ1) is 9.18. The van der Waals surface area contributed by atoms with E-state index in [0.717, 1.165) is 10.9 Å². The van der Waals surface area contributed by atoms with Crippen molar-refractivity contribution in [3.05, 3.63) is 46.3 Å². The highest BCUT2D eigenvalue weighted by atomic mass is 16.6. The molecule has 0 radical (unpaired) electrons. The molecule has 0 fully saturated rings. The first-order valence-electron chi connectivity index (χ1n) is 5.21. The summed E-state index contributed by atoms with van der Waals surface area (Å²) < 4.78 is 0.996. The molecule has 19 heavy (non-hydrogen) atoms. The number of benzene rings is 1. The molecule has 0 unspecified atom stereocenters. The number of aromatic amines is 1. The van der Waals surface area contributed by atoms with Crippen molar-refractivity contribution >= 4 is 22.6 Å².